The molecule has 5 nitrogen and oxygen atoms in total. The van der Waals surface area contributed by atoms with Gasteiger partial charge in [-0.15, -0.1) is 0 Å². The lowest BCUT2D eigenvalue weighted by Gasteiger charge is -2.22. The van der Waals surface area contributed by atoms with Gasteiger partial charge >= 0.3 is 0 Å². The third-order valence-electron chi connectivity index (χ3n) is 4.11. The second-order valence-electron chi connectivity index (χ2n) is 5.93. The zero-order valence-corrected chi connectivity index (χ0v) is 14.5. The lowest BCUT2D eigenvalue weighted by Crippen LogP contribution is -2.35. The normalized spacial score (nSPS) is 18.0. The molecule has 1 N–H and O–H groups in total. The number of hydrogen-bond acceptors (Lipinski definition) is 3. The molecule has 0 saturated heterocycles. The second kappa shape index (κ2) is 6.22. The van der Waals surface area contributed by atoms with Crippen LogP contribution in [-0.4, -0.2) is 26.4 Å². The van der Waals surface area contributed by atoms with Crippen LogP contribution in [0.2, 0.25) is 0 Å². The first kappa shape index (κ1) is 15.7. The Kier molecular flexibility index (Phi) is 3.89. The van der Waals surface area contributed by atoms with Crippen LogP contribution in [0.4, 0.5) is 0 Å². The first-order valence-electron chi connectivity index (χ1n) is 7.89. The average Bonchev–Trinajstić information content (AvgIpc) is 3.21. The van der Waals surface area contributed by atoms with E-state index in [2.05, 4.69) is 34.7 Å². The molecule has 0 atom stereocenters. The summed E-state index contributed by atoms with van der Waals surface area (Å²) in [6.07, 6.45) is 5.49. The van der Waals surface area contributed by atoms with Crippen LogP contribution in [-0.2, 0) is 11.3 Å². The zero-order chi connectivity index (χ0) is 17.4. The number of fused-ring (bicyclic) bond motifs is 1. The maximum atomic E-state index is 12.3. The molecule has 1 amide bonds. The lowest BCUT2D eigenvalue weighted by molar-refractivity contribution is -0.114. The molecule has 6 heteroatoms. The summed E-state index contributed by atoms with van der Waals surface area (Å²) in [6.45, 7) is 2.78. The first-order chi connectivity index (χ1) is 12.1. The number of aromatic nitrogens is 1. The highest BCUT2D eigenvalue weighted by Gasteiger charge is 2.31. The van der Waals surface area contributed by atoms with Crippen molar-refractivity contribution in [1.29, 1.82) is 5.41 Å². The highest BCUT2D eigenvalue weighted by Crippen LogP contribution is 2.27. The predicted molar refractivity (Wildman–Crippen MR) is 101 cm³/mol. The number of nitrogens with one attached hydrogen (secondary N) is 1. The molecule has 2 aromatic rings. The van der Waals surface area contributed by atoms with Gasteiger partial charge in [0.05, 0.1) is 5.57 Å². The number of carbonyl (C=O) groups excluding carboxylic acids is 1. The number of carbonyl (C=O) groups is 1. The van der Waals surface area contributed by atoms with Gasteiger partial charge < -0.3 is 4.57 Å². The van der Waals surface area contributed by atoms with Crippen molar-refractivity contribution in [2.45, 2.75) is 13.5 Å². The molecule has 2 aliphatic rings. The fourth-order valence-electron chi connectivity index (χ4n) is 2.89. The highest BCUT2D eigenvalue weighted by molar-refractivity contribution is 8.16. The Bertz CT molecular complexity index is 967. The van der Waals surface area contributed by atoms with Gasteiger partial charge in [-0.3, -0.25) is 15.1 Å². The Morgan fingerprint density at radius 1 is 1.28 bits per heavy atom. The van der Waals surface area contributed by atoms with Crippen molar-refractivity contribution in [3.8, 4) is 0 Å². The van der Waals surface area contributed by atoms with Gasteiger partial charge in [-0.1, -0.05) is 41.6 Å². The molecule has 2 aliphatic heterocycles. The highest BCUT2D eigenvalue weighted by atomic mass is 32.2. The van der Waals surface area contributed by atoms with Gasteiger partial charge in [0.25, 0.3) is 5.91 Å². The molecular formula is C19H16N4OS. The van der Waals surface area contributed by atoms with E-state index in [1.54, 1.807) is 17.2 Å². The molecule has 1 aromatic carbocycles. The Labute approximate surface area is 149 Å². The Morgan fingerprint density at radius 2 is 2.16 bits per heavy atom. The summed E-state index contributed by atoms with van der Waals surface area (Å²) in [4.78, 5) is 18.0. The second-order valence-corrected chi connectivity index (χ2v) is 6.80. The average molecular weight is 348 g/mol. The van der Waals surface area contributed by atoms with Gasteiger partial charge in [-0.25, -0.2) is 0 Å². The summed E-state index contributed by atoms with van der Waals surface area (Å²) >= 11 is 1.35. The van der Waals surface area contributed by atoms with E-state index in [1.807, 2.05) is 29.8 Å². The topological polar surface area (TPSA) is 61.5 Å². The van der Waals surface area contributed by atoms with Crippen LogP contribution in [0.25, 0.3) is 6.08 Å². The molecule has 0 spiro atoms. The molecule has 0 aliphatic carbocycles. The molecule has 0 bridgehead atoms. The molecule has 4 rings (SSSR count). The third kappa shape index (κ3) is 2.96. The van der Waals surface area contributed by atoms with Crippen LogP contribution in [0, 0.1) is 12.3 Å². The zero-order valence-electron chi connectivity index (χ0n) is 13.6. The Balaban J connectivity index is 1.66. The number of rotatable bonds is 3. The van der Waals surface area contributed by atoms with E-state index in [-0.39, 0.29) is 11.7 Å². The van der Waals surface area contributed by atoms with Crippen LogP contribution < -0.4 is 0 Å². The molecular weight excluding hydrogens is 332 g/mol. The maximum absolute atomic E-state index is 12.3. The van der Waals surface area contributed by atoms with Crippen LogP contribution >= 0.6 is 11.8 Å². The van der Waals surface area contributed by atoms with E-state index in [0.717, 1.165) is 5.69 Å². The minimum atomic E-state index is -0.365. The number of aliphatic imine (C=N–C) groups is 1. The van der Waals surface area contributed by atoms with Gasteiger partial charge in [-0.2, -0.15) is 4.99 Å². The molecule has 1 aromatic heterocycles. The number of amidine groups is 2. The smallest absolute Gasteiger partial charge is 0.283 e. The number of thioether (sulfide) groups is 1. The van der Waals surface area contributed by atoms with Crippen molar-refractivity contribution in [2.24, 2.45) is 4.99 Å². The van der Waals surface area contributed by atoms with Crippen molar-refractivity contribution >= 4 is 34.7 Å². The summed E-state index contributed by atoms with van der Waals surface area (Å²) in [5.41, 5.74) is 3.60. The van der Waals surface area contributed by atoms with Crippen molar-refractivity contribution in [1.82, 2.24) is 9.47 Å². The van der Waals surface area contributed by atoms with Gasteiger partial charge in [0.15, 0.2) is 5.17 Å². The van der Waals surface area contributed by atoms with Crippen LogP contribution in [0.5, 0.6) is 0 Å². The predicted octanol–water partition coefficient (Wildman–Crippen LogP) is 3.62. The molecule has 124 valence electrons. The quantitative estimate of drug-likeness (QED) is 0.862. The number of nitrogens with zero attached hydrogens (tertiary/aromatic N) is 3. The summed E-state index contributed by atoms with van der Waals surface area (Å²) < 4.78 is 2.07. The van der Waals surface area contributed by atoms with Crippen LogP contribution in [0.1, 0.15) is 16.8 Å². The van der Waals surface area contributed by atoms with Crippen molar-refractivity contribution in [3.63, 3.8) is 0 Å². The first-order valence-corrected chi connectivity index (χ1v) is 8.77. The minimum absolute atomic E-state index is 0.166. The van der Waals surface area contributed by atoms with E-state index < -0.39 is 0 Å². The standard InChI is InChI=1S/C19H16N4OS/c1-13-4-2-5-14(10-13)12-22-7-3-6-15(22)11-16-17(20)23-8-9-25-19(23)21-18(16)24/h2-11,20H,12H2,1H3. The van der Waals surface area contributed by atoms with Gasteiger partial charge in [0.2, 0.25) is 0 Å². The largest absolute Gasteiger partial charge is 0.344 e. The number of aryl methyl sites for hydroxylation is 1. The van der Waals surface area contributed by atoms with Crippen LogP contribution in [0.15, 0.2) is 64.8 Å². The van der Waals surface area contributed by atoms with Gasteiger partial charge in [0, 0.05) is 24.6 Å². The Morgan fingerprint density at radius 3 is 3.00 bits per heavy atom. The molecule has 3 heterocycles. The number of hydrogen-bond donors (Lipinski definition) is 1. The number of amides is 1. The Hall–Kier alpha value is -2.86. The van der Waals surface area contributed by atoms with Crippen LogP contribution in [0.3, 0.4) is 0 Å². The van der Waals surface area contributed by atoms with Crippen molar-refractivity contribution < 1.29 is 4.79 Å². The lowest BCUT2D eigenvalue weighted by atomic mass is 10.1. The molecule has 0 saturated carbocycles. The minimum Gasteiger partial charge on any atom is -0.344 e. The van der Waals surface area contributed by atoms with E-state index in [9.17, 15) is 4.79 Å². The van der Waals surface area contributed by atoms with E-state index in [4.69, 9.17) is 5.41 Å². The van der Waals surface area contributed by atoms with E-state index in [0.29, 0.717) is 17.3 Å². The molecule has 0 radical (unpaired) electrons. The molecule has 25 heavy (non-hydrogen) atoms. The molecule has 0 unspecified atom stereocenters. The summed E-state index contributed by atoms with van der Waals surface area (Å²) in [5.74, 6) is -0.199. The van der Waals surface area contributed by atoms with E-state index in [1.165, 1.54) is 22.9 Å². The third-order valence-corrected chi connectivity index (χ3v) is 4.86. The summed E-state index contributed by atoms with van der Waals surface area (Å²) in [5, 5.41) is 10.7. The maximum Gasteiger partial charge on any atom is 0.283 e. The van der Waals surface area contributed by atoms with Gasteiger partial charge in [0.1, 0.15) is 5.84 Å². The molecule has 0 fully saturated rings. The summed E-state index contributed by atoms with van der Waals surface area (Å²) in [7, 11) is 0. The monoisotopic (exact) mass is 348 g/mol. The van der Waals surface area contributed by atoms with Crippen molar-refractivity contribution in [2.75, 3.05) is 0 Å². The fraction of sp³-hybridized carbons (Fsp3) is 0.105. The summed E-state index contributed by atoms with van der Waals surface area (Å²) in [6, 6.07) is 12.2. The SMILES string of the molecule is Cc1cccc(Cn2cccc2C=C2C(=N)N3C=CSC3=NC2=O)c1. The number of benzene rings is 1. The van der Waals surface area contributed by atoms with Gasteiger partial charge in [-0.05, 0) is 36.1 Å². The fourth-order valence-corrected chi connectivity index (χ4v) is 3.59. The van der Waals surface area contributed by atoms with Crippen molar-refractivity contribution in [3.05, 3.63) is 76.6 Å². The van der Waals surface area contributed by atoms with E-state index >= 15 is 0 Å².